The highest BCUT2D eigenvalue weighted by Crippen LogP contribution is 2.23. The molecule has 3 rings (SSSR count). The number of allylic oxidation sites excluding steroid dienone is 2. The van der Waals surface area contributed by atoms with Crippen LogP contribution in [-0.2, 0) is 6.61 Å². The summed E-state index contributed by atoms with van der Waals surface area (Å²) in [6, 6.07) is 7.61. The molecule has 160 valence electrons. The van der Waals surface area contributed by atoms with Crippen molar-refractivity contribution < 1.29 is 9.84 Å². The maximum Gasteiger partial charge on any atom is 0.168 e. The first-order chi connectivity index (χ1) is 14.4. The van der Waals surface area contributed by atoms with Crippen LogP contribution in [0.15, 0.2) is 47.3 Å². The highest BCUT2D eigenvalue weighted by atomic mass is 16.5. The van der Waals surface area contributed by atoms with Crippen LogP contribution >= 0.6 is 0 Å². The van der Waals surface area contributed by atoms with Gasteiger partial charge < -0.3 is 20.5 Å². The van der Waals surface area contributed by atoms with Crippen molar-refractivity contribution in [1.29, 1.82) is 0 Å². The van der Waals surface area contributed by atoms with Crippen molar-refractivity contribution in [3.8, 4) is 5.75 Å². The van der Waals surface area contributed by atoms with Crippen LogP contribution in [0.2, 0.25) is 0 Å². The third-order valence-electron chi connectivity index (χ3n) is 4.93. The lowest BCUT2D eigenvalue weighted by Gasteiger charge is -2.19. The Hall–Kier alpha value is -2.90. The first-order valence-electron chi connectivity index (χ1n) is 10.2. The Morgan fingerprint density at radius 2 is 1.97 bits per heavy atom. The lowest BCUT2D eigenvalue weighted by atomic mass is 10.1. The van der Waals surface area contributed by atoms with Gasteiger partial charge >= 0.3 is 0 Å². The number of nitrogens with one attached hydrogen (secondary N) is 3. The maximum absolute atomic E-state index is 10.3. The second-order valence-corrected chi connectivity index (χ2v) is 7.58. The number of ether oxygens (including phenoxy) is 1. The maximum atomic E-state index is 10.3. The monoisotopic (exact) mass is 409 g/mol. The van der Waals surface area contributed by atoms with Gasteiger partial charge in [-0.1, -0.05) is 13.0 Å². The molecule has 30 heavy (non-hydrogen) atoms. The fourth-order valence-electron chi connectivity index (χ4n) is 3.25. The van der Waals surface area contributed by atoms with Crippen molar-refractivity contribution in [2.24, 2.45) is 0 Å². The van der Waals surface area contributed by atoms with Crippen LogP contribution in [0, 0.1) is 13.8 Å². The first kappa shape index (κ1) is 21.8. The predicted molar refractivity (Wildman–Crippen MR) is 119 cm³/mol. The minimum atomic E-state index is -0.720. The number of nitrogens with zero attached hydrogens (tertiary/aromatic N) is 2. The molecule has 0 spiro atoms. The molecule has 0 aliphatic carbocycles. The van der Waals surface area contributed by atoms with E-state index in [1.54, 1.807) is 0 Å². The van der Waals surface area contributed by atoms with Crippen molar-refractivity contribution in [1.82, 2.24) is 20.6 Å². The van der Waals surface area contributed by atoms with Crippen LogP contribution < -0.4 is 20.7 Å². The molecule has 1 aromatic heterocycles. The van der Waals surface area contributed by atoms with Crippen LogP contribution in [0.1, 0.15) is 49.6 Å². The number of hydrogen-bond acceptors (Lipinski definition) is 7. The zero-order valence-corrected chi connectivity index (χ0v) is 18.3. The molecule has 1 aliphatic heterocycles. The van der Waals surface area contributed by atoms with E-state index in [4.69, 9.17) is 4.74 Å². The van der Waals surface area contributed by atoms with Crippen LogP contribution in [-0.4, -0.2) is 28.2 Å². The van der Waals surface area contributed by atoms with E-state index >= 15 is 0 Å². The molecule has 0 bridgehead atoms. The predicted octanol–water partition coefficient (Wildman–Crippen LogP) is 3.47. The van der Waals surface area contributed by atoms with E-state index in [-0.39, 0.29) is 6.61 Å². The minimum Gasteiger partial charge on any atom is -0.486 e. The van der Waals surface area contributed by atoms with Gasteiger partial charge in [0.05, 0.1) is 0 Å². The summed E-state index contributed by atoms with van der Waals surface area (Å²) in [5.74, 6) is 2.01. The van der Waals surface area contributed by atoms with E-state index in [0.29, 0.717) is 18.1 Å². The van der Waals surface area contributed by atoms with Gasteiger partial charge in [0.1, 0.15) is 24.4 Å². The Kier molecular flexibility index (Phi) is 7.07. The van der Waals surface area contributed by atoms with Crippen molar-refractivity contribution in [3.63, 3.8) is 0 Å². The molecule has 0 amide bonds. The fraction of sp³-hybridized carbons (Fsp3) is 0.391. The smallest absolute Gasteiger partial charge is 0.168 e. The molecule has 0 fully saturated rings. The number of aliphatic hydroxyl groups excluding tert-OH is 1. The molecule has 2 aromatic rings. The summed E-state index contributed by atoms with van der Waals surface area (Å²) >= 11 is 0. The average molecular weight is 410 g/mol. The van der Waals surface area contributed by atoms with Gasteiger partial charge in [0, 0.05) is 35.3 Å². The molecule has 0 saturated heterocycles. The number of aliphatic hydroxyl groups is 1. The summed E-state index contributed by atoms with van der Waals surface area (Å²) in [7, 11) is 0. The Balaban J connectivity index is 1.73. The van der Waals surface area contributed by atoms with Gasteiger partial charge in [0.2, 0.25) is 0 Å². The second-order valence-electron chi connectivity index (χ2n) is 7.58. The number of anilines is 1. The Bertz CT molecular complexity index is 968. The van der Waals surface area contributed by atoms with E-state index in [1.807, 2.05) is 52.0 Å². The molecule has 7 heteroatoms. The standard InChI is InChI=1S/C23H31N5O2/c1-6-24-23(29)19-11-18(8-7-14(19)2)30-13-22-26-17(5)10-21(28-22)27-20-9-16(4)25-12-15(20)3/h7-11,23-25,29H,6,12-13H2,1-5H3,(H,26,27,28). The Morgan fingerprint density at radius 1 is 1.17 bits per heavy atom. The summed E-state index contributed by atoms with van der Waals surface area (Å²) in [5, 5.41) is 20.0. The number of benzene rings is 1. The second kappa shape index (κ2) is 9.73. The Labute approximate surface area is 178 Å². The minimum absolute atomic E-state index is 0.241. The van der Waals surface area contributed by atoms with E-state index in [2.05, 4.69) is 38.9 Å². The molecule has 4 N–H and O–H groups in total. The van der Waals surface area contributed by atoms with Crippen molar-refractivity contribution in [2.45, 2.75) is 47.5 Å². The topological polar surface area (TPSA) is 91.3 Å². The largest absolute Gasteiger partial charge is 0.486 e. The fourth-order valence-corrected chi connectivity index (χ4v) is 3.25. The number of aryl methyl sites for hydroxylation is 2. The van der Waals surface area contributed by atoms with E-state index in [1.165, 1.54) is 5.57 Å². The molecule has 1 aliphatic rings. The highest BCUT2D eigenvalue weighted by Gasteiger charge is 2.12. The SMILES string of the molecule is CCNC(O)c1cc(OCc2nc(C)cc(NC3=C(C)CNC(C)=C3)n2)ccc1C. The lowest BCUT2D eigenvalue weighted by molar-refractivity contribution is 0.140. The van der Waals surface area contributed by atoms with Gasteiger partial charge in [-0.05, 0) is 63.6 Å². The van der Waals surface area contributed by atoms with Crippen molar-refractivity contribution >= 4 is 5.82 Å². The summed E-state index contributed by atoms with van der Waals surface area (Å²) in [4.78, 5) is 9.11. The molecule has 1 aromatic carbocycles. The average Bonchev–Trinajstić information content (AvgIpc) is 2.70. The van der Waals surface area contributed by atoms with Crippen molar-refractivity contribution in [3.05, 3.63) is 70.0 Å². The zero-order chi connectivity index (χ0) is 21.7. The lowest BCUT2D eigenvalue weighted by Crippen LogP contribution is -2.21. The molecule has 2 heterocycles. The van der Waals surface area contributed by atoms with Crippen molar-refractivity contribution in [2.75, 3.05) is 18.4 Å². The first-order valence-corrected chi connectivity index (χ1v) is 10.2. The molecule has 7 nitrogen and oxygen atoms in total. The molecule has 1 unspecified atom stereocenters. The molecule has 0 saturated carbocycles. The highest BCUT2D eigenvalue weighted by molar-refractivity contribution is 5.49. The van der Waals surface area contributed by atoms with E-state index < -0.39 is 6.23 Å². The molecule has 1 atom stereocenters. The molecular formula is C23H31N5O2. The summed E-state index contributed by atoms with van der Waals surface area (Å²) in [6.45, 7) is 11.7. The summed E-state index contributed by atoms with van der Waals surface area (Å²) < 4.78 is 5.93. The van der Waals surface area contributed by atoms with Gasteiger partial charge in [-0.25, -0.2) is 9.97 Å². The molecular weight excluding hydrogens is 378 g/mol. The van der Waals surface area contributed by atoms with Crippen LogP contribution in [0.5, 0.6) is 5.75 Å². The van der Waals surface area contributed by atoms with Gasteiger partial charge in [0.15, 0.2) is 5.82 Å². The molecule has 0 radical (unpaired) electrons. The number of dihydropyridines is 1. The van der Waals surface area contributed by atoms with Crippen LogP contribution in [0.25, 0.3) is 0 Å². The quantitative estimate of drug-likeness (QED) is 0.496. The van der Waals surface area contributed by atoms with Crippen LogP contribution in [0.4, 0.5) is 5.82 Å². The van der Waals surface area contributed by atoms with Gasteiger partial charge in [-0.3, -0.25) is 5.32 Å². The zero-order valence-electron chi connectivity index (χ0n) is 18.3. The van der Waals surface area contributed by atoms with E-state index in [9.17, 15) is 5.11 Å². The summed E-state index contributed by atoms with van der Waals surface area (Å²) in [5.41, 5.74) is 6.07. The van der Waals surface area contributed by atoms with Gasteiger partial charge in [-0.15, -0.1) is 0 Å². The van der Waals surface area contributed by atoms with Gasteiger partial charge in [0.25, 0.3) is 0 Å². The Morgan fingerprint density at radius 3 is 2.73 bits per heavy atom. The van der Waals surface area contributed by atoms with E-state index in [0.717, 1.165) is 40.6 Å². The number of aromatic nitrogens is 2. The third kappa shape index (κ3) is 5.58. The number of hydrogen-bond donors (Lipinski definition) is 4. The van der Waals surface area contributed by atoms with Crippen LogP contribution in [0.3, 0.4) is 0 Å². The summed E-state index contributed by atoms with van der Waals surface area (Å²) in [6.07, 6.45) is 1.36. The van der Waals surface area contributed by atoms with Gasteiger partial charge in [-0.2, -0.15) is 0 Å². The number of rotatable bonds is 8. The third-order valence-corrected chi connectivity index (χ3v) is 4.93. The normalized spacial score (nSPS) is 14.8.